The van der Waals surface area contributed by atoms with Crippen molar-refractivity contribution in [1.29, 1.82) is 5.26 Å². The largest absolute Gasteiger partial charge is 0.311 e. The topological polar surface area (TPSA) is 30.3 Å². The van der Waals surface area contributed by atoms with Crippen molar-refractivity contribution in [3.05, 3.63) is 157 Å². The van der Waals surface area contributed by atoms with Crippen LogP contribution in [0.25, 0.3) is 32.7 Å². The highest BCUT2D eigenvalue weighted by Crippen LogP contribution is 2.49. The van der Waals surface area contributed by atoms with Crippen LogP contribution in [0.1, 0.15) is 5.56 Å². The van der Waals surface area contributed by atoms with Gasteiger partial charge in [0.05, 0.1) is 5.56 Å². The number of hydrogen-bond donors (Lipinski definition) is 0. The summed E-state index contributed by atoms with van der Waals surface area (Å²) in [6, 6.07) is 58.0. The zero-order valence-electron chi connectivity index (χ0n) is 26.9. The van der Waals surface area contributed by atoms with Gasteiger partial charge in [0.1, 0.15) is 6.07 Å². The molecule has 4 aliphatic rings. The summed E-state index contributed by atoms with van der Waals surface area (Å²) in [6.45, 7) is 0.0461. The molecule has 5 heteroatoms. The van der Waals surface area contributed by atoms with Crippen LogP contribution in [-0.4, -0.2) is 13.4 Å². The minimum absolute atomic E-state index is 0.0231. The van der Waals surface area contributed by atoms with Gasteiger partial charge >= 0.3 is 0 Å². The van der Waals surface area contributed by atoms with E-state index in [0.29, 0.717) is 0 Å². The lowest BCUT2D eigenvalue weighted by atomic mass is 9.26. The molecule has 0 fully saturated rings. The highest BCUT2D eigenvalue weighted by Gasteiger charge is 2.49. The third kappa shape index (κ3) is 3.05. The molecule has 226 valence electrons. The van der Waals surface area contributed by atoms with E-state index in [1.165, 1.54) is 77.4 Å². The Morgan fingerprint density at radius 1 is 0.420 bits per heavy atom. The molecule has 12 rings (SSSR count). The molecule has 0 atom stereocenters. The van der Waals surface area contributed by atoms with E-state index >= 15 is 0 Å². The highest BCUT2D eigenvalue weighted by molar-refractivity contribution is 7.05. The molecule has 0 radical (unpaired) electrons. The highest BCUT2D eigenvalue weighted by atomic mass is 15.2. The number of nitriles is 1. The smallest absolute Gasteiger partial charge is 0.248 e. The molecule has 0 saturated carbocycles. The monoisotopic (exact) mass is 629 g/mol. The van der Waals surface area contributed by atoms with Crippen molar-refractivity contribution in [2.24, 2.45) is 0 Å². The van der Waals surface area contributed by atoms with Gasteiger partial charge in [0.15, 0.2) is 0 Å². The van der Waals surface area contributed by atoms with Crippen molar-refractivity contribution in [3.63, 3.8) is 0 Å². The first-order valence-corrected chi connectivity index (χ1v) is 17.3. The van der Waals surface area contributed by atoms with Gasteiger partial charge in [0.2, 0.25) is 13.4 Å². The van der Waals surface area contributed by atoms with E-state index in [-0.39, 0.29) is 13.4 Å². The fraction of sp³-hybridized carbons (Fsp3) is 0. The van der Waals surface area contributed by atoms with Crippen LogP contribution in [0, 0.1) is 11.3 Å². The predicted octanol–water partition coefficient (Wildman–Crippen LogP) is 6.76. The molecule has 0 N–H and O–H groups in total. The Bertz CT molecular complexity index is 2680. The Labute approximate surface area is 290 Å². The fourth-order valence-electron chi connectivity index (χ4n) is 9.94. The Morgan fingerprint density at radius 2 is 0.860 bits per heavy atom. The van der Waals surface area contributed by atoms with Gasteiger partial charge in [0.25, 0.3) is 0 Å². The Hall–Kier alpha value is -6.50. The van der Waals surface area contributed by atoms with E-state index in [0.717, 1.165) is 27.7 Å². The van der Waals surface area contributed by atoms with Crippen molar-refractivity contribution in [3.8, 4) is 17.2 Å². The average Bonchev–Trinajstić information content (AvgIpc) is 3.18. The van der Waals surface area contributed by atoms with E-state index in [1.807, 2.05) is 0 Å². The summed E-state index contributed by atoms with van der Waals surface area (Å²) in [7, 11) is 0. The Morgan fingerprint density at radius 3 is 1.34 bits per heavy atom. The van der Waals surface area contributed by atoms with Gasteiger partial charge in [-0.05, 0) is 86.2 Å². The summed E-state index contributed by atoms with van der Waals surface area (Å²) in [6.07, 6.45) is 0. The van der Waals surface area contributed by atoms with Crippen molar-refractivity contribution in [1.82, 2.24) is 0 Å². The summed E-state index contributed by atoms with van der Waals surface area (Å²) < 4.78 is 0. The summed E-state index contributed by atoms with van der Waals surface area (Å²) in [4.78, 5) is 4.98. The number of anilines is 6. The van der Waals surface area contributed by atoms with Crippen LogP contribution in [0.2, 0.25) is 0 Å². The molecular weight excluding hydrogens is 604 g/mol. The first kappa shape index (κ1) is 26.5. The zero-order valence-corrected chi connectivity index (χ0v) is 26.9. The van der Waals surface area contributed by atoms with Crippen LogP contribution >= 0.6 is 0 Å². The summed E-state index contributed by atoms with van der Waals surface area (Å²) in [5.74, 6) is 0. The number of fused-ring (bicyclic) bond motifs is 6. The Kier molecular flexibility index (Phi) is 4.94. The Balaban J connectivity index is 1.36. The molecule has 0 bridgehead atoms. The molecule has 0 aromatic heterocycles. The van der Waals surface area contributed by atoms with Crippen LogP contribution in [0.4, 0.5) is 34.1 Å². The van der Waals surface area contributed by atoms with Crippen LogP contribution in [-0.2, 0) is 0 Å². The second kappa shape index (κ2) is 9.35. The number of benzene rings is 8. The number of hydrogen-bond acceptors (Lipinski definition) is 3. The van der Waals surface area contributed by atoms with Gasteiger partial charge in [0, 0.05) is 44.9 Å². The third-order valence-corrected chi connectivity index (χ3v) is 11.6. The molecule has 0 spiro atoms. The summed E-state index contributed by atoms with van der Waals surface area (Å²) in [5, 5.41) is 15.4. The SMILES string of the molecule is N#Cc1c2cccc3c2c2c4c(cccc14)B1c4ccccc4N(c4ccccc4)c4cc5c(c-2c41)B3c1ccccc1N5c1ccccc1. The second-order valence-corrected chi connectivity index (χ2v) is 13.8. The molecule has 0 saturated heterocycles. The molecule has 50 heavy (non-hydrogen) atoms. The van der Waals surface area contributed by atoms with Gasteiger partial charge < -0.3 is 9.80 Å². The minimum atomic E-state index is 0.0231. The van der Waals surface area contributed by atoms with Crippen LogP contribution in [0.5, 0.6) is 0 Å². The molecular formula is C45H25B2N3. The number of rotatable bonds is 2. The van der Waals surface area contributed by atoms with Gasteiger partial charge in [-0.3, -0.25) is 0 Å². The standard InChI is InChI=1S/C45H25B2N3/c48-26-31-29-17-11-21-34-40(29)42-41-30(31)18-12-22-35(41)47-33-20-8-10-24-37(33)50(28-15-5-2-6-16-28)39-25-38-44(43(42)45(39)47)46(34)32-19-7-9-23-36(32)49(38)27-13-3-1-4-14-27/h1-25H. The zero-order chi connectivity index (χ0) is 32.7. The molecule has 0 aliphatic carbocycles. The third-order valence-electron chi connectivity index (χ3n) is 11.6. The quantitative estimate of drug-likeness (QED) is 0.157. The maximum atomic E-state index is 10.8. The summed E-state index contributed by atoms with van der Waals surface area (Å²) >= 11 is 0. The second-order valence-electron chi connectivity index (χ2n) is 13.8. The minimum Gasteiger partial charge on any atom is -0.311 e. The van der Waals surface area contributed by atoms with Crippen molar-refractivity contribution < 1.29 is 0 Å². The first-order valence-electron chi connectivity index (χ1n) is 17.3. The molecule has 8 aromatic carbocycles. The van der Waals surface area contributed by atoms with Crippen LogP contribution in [0.15, 0.2) is 152 Å². The maximum absolute atomic E-state index is 10.8. The van der Waals surface area contributed by atoms with E-state index in [4.69, 9.17) is 0 Å². The van der Waals surface area contributed by atoms with E-state index < -0.39 is 0 Å². The van der Waals surface area contributed by atoms with Gasteiger partial charge in [-0.25, -0.2) is 0 Å². The first-order chi connectivity index (χ1) is 24.8. The van der Waals surface area contributed by atoms with Crippen LogP contribution in [0.3, 0.4) is 0 Å². The van der Waals surface area contributed by atoms with E-state index in [9.17, 15) is 5.26 Å². The van der Waals surface area contributed by atoms with Crippen molar-refractivity contribution in [2.75, 3.05) is 9.80 Å². The number of nitrogens with zero attached hydrogens (tertiary/aromatic N) is 3. The lowest BCUT2D eigenvalue weighted by molar-refractivity contribution is 1.26. The number of para-hydroxylation sites is 4. The molecule has 4 aliphatic heterocycles. The van der Waals surface area contributed by atoms with Crippen LogP contribution < -0.4 is 42.6 Å². The normalized spacial score (nSPS) is 13.8. The molecule has 0 amide bonds. The molecule has 4 heterocycles. The fourth-order valence-corrected chi connectivity index (χ4v) is 9.94. The molecule has 0 unspecified atom stereocenters. The predicted molar refractivity (Wildman–Crippen MR) is 210 cm³/mol. The molecule has 8 aromatic rings. The maximum Gasteiger partial charge on any atom is 0.248 e. The van der Waals surface area contributed by atoms with Crippen molar-refractivity contribution >= 4 is 102 Å². The lowest BCUT2D eigenvalue weighted by Gasteiger charge is -2.47. The van der Waals surface area contributed by atoms with Gasteiger partial charge in [-0.2, -0.15) is 5.26 Å². The van der Waals surface area contributed by atoms with E-state index in [1.54, 1.807) is 0 Å². The summed E-state index contributed by atoms with van der Waals surface area (Å²) in [5.41, 5.74) is 18.4. The van der Waals surface area contributed by atoms with Gasteiger partial charge in [-0.1, -0.05) is 120 Å². The lowest BCUT2D eigenvalue weighted by Crippen LogP contribution is -2.66. The van der Waals surface area contributed by atoms with Gasteiger partial charge in [-0.15, -0.1) is 0 Å². The molecule has 3 nitrogen and oxygen atoms in total. The average molecular weight is 629 g/mol. The van der Waals surface area contributed by atoms with Crippen molar-refractivity contribution in [2.45, 2.75) is 0 Å². The van der Waals surface area contributed by atoms with E-state index in [2.05, 4.69) is 168 Å².